The average molecular weight is 1750 g/mol. The van der Waals surface area contributed by atoms with Gasteiger partial charge in [0.25, 0.3) is 0 Å². The van der Waals surface area contributed by atoms with E-state index in [0.29, 0.717) is 5.92 Å². The van der Waals surface area contributed by atoms with E-state index in [-0.39, 0.29) is 0 Å². The fourth-order valence-electron chi connectivity index (χ4n) is 23.4. The van der Waals surface area contributed by atoms with E-state index in [4.69, 9.17) is 13.3 Å². The highest BCUT2D eigenvalue weighted by Gasteiger charge is 2.52. The lowest BCUT2D eigenvalue weighted by Crippen LogP contribution is -2.26. The van der Waals surface area contributed by atoms with Crippen LogP contribution in [0.15, 0.2) is 474 Å². The van der Waals surface area contributed by atoms with Crippen molar-refractivity contribution in [3.63, 3.8) is 0 Å². The Morgan fingerprint density at radius 2 is 0.779 bits per heavy atom. The van der Waals surface area contributed by atoms with Gasteiger partial charge in [-0.25, -0.2) is 0 Å². The molecule has 0 saturated carbocycles. The van der Waals surface area contributed by atoms with E-state index in [1.54, 1.807) is 0 Å². The molecule has 29 rings (SSSR count). The smallest absolute Gasteiger partial charge is 0.136 e. The second-order valence-electron chi connectivity index (χ2n) is 36.7. The molecule has 634 valence electrons. The van der Waals surface area contributed by atoms with E-state index < -0.39 is 5.41 Å². The number of anilines is 6. The second-order valence-corrected chi connectivity index (χ2v) is 37.7. The Morgan fingerprint density at radius 1 is 0.287 bits per heavy atom. The monoisotopic (exact) mass is 1750 g/mol. The second kappa shape index (κ2) is 29.8. The molecule has 136 heavy (non-hydrogen) atoms. The summed E-state index contributed by atoms with van der Waals surface area (Å²) in [7, 11) is 0. The predicted molar refractivity (Wildman–Crippen MR) is 567 cm³/mol. The zero-order valence-electron chi connectivity index (χ0n) is 73.6. The number of hydrogen-bond acceptors (Lipinski definition) is 6. The maximum atomic E-state index is 7.01. The minimum atomic E-state index is -0.537. The molecule has 5 heterocycles. The molecule has 0 radical (unpaired) electrons. The first kappa shape index (κ1) is 76.4. The molecule has 0 saturated heterocycles. The van der Waals surface area contributed by atoms with Crippen molar-refractivity contribution in [1.29, 1.82) is 0 Å². The van der Waals surface area contributed by atoms with E-state index in [2.05, 4.69) is 463 Å². The van der Waals surface area contributed by atoms with Gasteiger partial charge in [0.1, 0.15) is 33.7 Å². The van der Waals surface area contributed by atoms with E-state index in [1.165, 1.54) is 97.7 Å². The third-order valence-corrected chi connectivity index (χ3v) is 30.8. The van der Waals surface area contributed by atoms with Gasteiger partial charge in [0.2, 0.25) is 0 Å². The molecule has 1 spiro atoms. The third kappa shape index (κ3) is 11.5. The topological polar surface area (TPSA) is 50.8 Å². The molecular weight excluding hydrogens is 1670 g/mol. The van der Waals surface area contributed by atoms with Crippen LogP contribution in [0.3, 0.4) is 0 Å². The van der Waals surface area contributed by atoms with Crippen molar-refractivity contribution in [2.45, 2.75) is 11.8 Å². The predicted octanol–water partition coefficient (Wildman–Crippen LogP) is 35.8. The van der Waals surface area contributed by atoms with Gasteiger partial charge in [0, 0.05) is 109 Å². The maximum absolute atomic E-state index is 7.01. The Hall–Kier alpha value is -17.4. The molecular formula is C129H79N3O3S. The van der Waals surface area contributed by atoms with Crippen molar-refractivity contribution in [3.05, 3.63) is 494 Å². The van der Waals surface area contributed by atoms with E-state index in [0.717, 1.165) is 184 Å². The number of aromatic nitrogens is 1. The van der Waals surface area contributed by atoms with E-state index in [9.17, 15) is 0 Å². The SMILES string of the molecule is C1=CC2=Cc3oc4ccc(-c5ccccc5N(c5ccc(-c6cccc(-n7c8ccccc8c8c(-c9cccc%10cc%11oc%12ccc(-c%13ccccc%13N(c%13ccc(-c%14cccc%15c%14sc%14ccccc%14%15)cc%13)c%13ccc%14c(c%13)C%13(c%15ccccc%15-c%15ccccc%15%13)c%13ccccc%13-%14)cc%12c%11cc9%10)cccc87)c6)cc5)c5ccc(-c6ccc7oc8ccccc8c7c6)cc5)cc4c3CC2C=C1. The largest absolute Gasteiger partial charge is 0.456 e. The summed E-state index contributed by atoms with van der Waals surface area (Å²) in [6.07, 6.45) is 12.0. The van der Waals surface area contributed by atoms with Gasteiger partial charge in [-0.15, -0.1) is 11.3 Å². The summed E-state index contributed by atoms with van der Waals surface area (Å²) in [6, 6.07) is 160. The van der Waals surface area contributed by atoms with Crippen LogP contribution in [-0.4, -0.2) is 4.57 Å². The van der Waals surface area contributed by atoms with Crippen LogP contribution in [-0.2, 0) is 11.8 Å². The summed E-state index contributed by atoms with van der Waals surface area (Å²) >= 11 is 1.87. The molecule has 1 atom stereocenters. The quantitative estimate of drug-likeness (QED) is 0.115. The van der Waals surface area contributed by atoms with Gasteiger partial charge in [-0.05, 0) is 275 Å². The van der Waals surface area contributed by atoms with E-state index >= 15 is 0 Å². The van der Waals surface area contributed by atoms with Crippen LogP contribution in [0.4, 0.5) is 34.1 Å². The number of rotatable bonds is 13. The van der Waals surface area contributed by atoms with Crippen LogP contribution < -0.4 is 9.80 Å². The molecule has 4 aliphatic carbocycles. The number of allylic oxidation sites excluding steroid dienone is 5. The minimum absolute atomic E-state index is 0.325. The first-order valence-corrected chi connectivity index (χ1v) is 47.7. The normalized spacial score (nSPS) is 13.8. The van der Waals surface area contributed by atoms with Crippen molar-refractivity contribution >= 4 is 159 Å². The molecule has 0 fully saturated rings. The van der Waals surface area contributed by atoms with Gasteiger partial charge in [0.05, 0.1) is 27.8 Å². The van der Waals surface area contributed by atoms with Crippen molar-refractivity contribution in [2.24, 2.45) is 5.92 Å². The molecule has 4 aliphatic rings. The lowest BCUT2D eigenvalue weighted by Gasteiger charge is -2.32. The molecule has 5 aromatic heterocycles. The zero-order valence-corrected chi connectivity index (χ0v) is 74.5. The number of para-hydroxylation sites is 4. The number of fused-ring (bicyclic) bond motifs is 27. The molecule has 1 unspecified atom stereocenters. The summed E-state index contributed by atoms with van der Waals surface area (Å²) in [5, 5.41) is 12.7. The number of nitrogens with zero attached hydrogens (tertiary/aromatic N) is 3. The van der Waals surface area contributed by atoms with Gasteiger partial charge in [-0.2, -0.15) is 0 Å². The highest BCUT2D eigenvalue weighted by Crippen LogP contribution is 2.64. The number of hydrogen-bond donors (Lipinski definition) is 0. The van der Waals surface area contributed by atoms with Gasteiger partial charge < -0.3 is 27.6 Å². The van der Waals surface area contributed by atoms with Gasteiger partial charge in [0.15, 0.2) is 0 Å². The van der Waals surface area contributed by atoms with Gasteiger partial charge in [-0.1, -0.05) is 309 Å². The van der Waals surface area contributed by atoms with Crippen LogP contribution >= 0.6 is 11.3 Å². The zero-order chi connectivity index (χ0) is 89.0. The summed E-state index contributed by atoms with van der Waals surface area (Å²) in [6.45, 7) is 0. The molecule has 0 aliphatic heterocycles. The Morgan fingerprint density at radius 3 is 1.50 bits per heavy atom. The fourth-order valence-corrected chi connectivity index (χ4v) is 24.7. The third-order valence-electron chi connectivity index (χ3n) is 29.6. The Kier molecular flexibility index (Phi) is 16.7. The molecule has 0 bridgehead atoms. The van der Waals surface area contributed by atoms with Crippen LogP contribution in [0, 0.1) is 5.92 Å². The maximum Gasteiger partial charge on any atom is 0.136 e. The van der Waals surface area contributed by atoms with Gasteiger partial charge in [-0.3, -0.25) is 0 Å². The molecule has 20 aromatic carbocycles. The van der Waals surface area contributed by atoms with Crippen LogP contribution in [0.1, 0.15) is 33.6 Å². The van der Waals surface area contributed by atoms with Crippen LogP contribution in [0.5, 0.6) is 0 Å². The number of thiophene rings is 1. The van der Waals surface area contributed by atoms with E-state index in [1.807, 2.05) is 23.5 Å². The number of benzene rings is 20. The first-order chi connectivity index (χ1) is 67.4. The van der Waals surface area contributed by atoms with Crippen molar-refractivity contribution in [2.75, 3.05) is 9.80 Å². The van der Waals surface area contributed by atoms with Gasteiger partial charge >= 0.3 is 0 Å². The summed E-state index contributed by atoms with van der Waals surface area (Å²) in [4.78, 5) is 4.92. The number of furan rings is 3. The lowest BCUT2D eigenvalue weighted by atomic mass is 9.70. The molecule has 6 nitrogen and oxygen atoms in total. The highest BCUT2D eigenvalue weighted by molar-refractivity contribution is 7.26. The molecule has 0 amide bonds. The van der Waals surface area contributed by atoms with Crippen molar-refractivity contribution in [1.82, 2.24) is 4.57 Å². The summed E-state index contributed by atoms with van der Waals surface area (Å²) < 4.78 is 25.0. The van der Waals surface area contributed by atoms with Crippen LogP contribution in [0.2, 0.25) is 0 Å². The van der Waals surface area contributed by atoms with Crippen LogP contribution in [0.25, 0.3) is 208 Å². The first-order valence-electron chi connectivity index (χ1n) is 46.9. The average Bonchev–Trinajstić information content (AvgIpc) is 1.50. The fraction of sp³-hybridized carbons (Fsp3) is 0.0233. The summed E-state index contributed by atoms with van der Waals surface area (Å²) in [5.41, 5.74) is 40.0. The Balaban J connectivity index is 0.529. The molecule has 7 heteroatoms. The minimum Gasteiger partial charge on any atom is -0.456 e. The summed E-state index contributed by atoms with van der Waals surface area (Å²) in [5.74, 6) is 1.28. The van der Waals surface area contributed by atoms with Crippen molar-refractivity contribution in [3.8, 4) is 94.7 Å². The lowest BCUT2D eigenvalue weighted by molar-refractivity contribution is 0.586. The Bertz CT molecular complexity index is 9430. The molecule has 25 aromatic rings. The molecule has 0 N–H and O–H groups in total. The highest BCUT2D eigenvalue weighted by atomic mass is 32.1. The van der Waals surface area contributed by atoms with Crippen molar-refractivity contribution < 1.29 is 13.3 Å². The Labute approximate surface area is 787 Å². The standard InChI is InChI=1S/C129H79N3O3S/c1-2-24-83-74-124-110(70-82(83)23-1)108-72-86(56-67-122(108)134-124)93-28-6-14-43-116(93)130(89-60-51-79(52-61-89)84-55-66-121-107(71-84)101-33-9-17-47-120(101)133-121)88-58-49-78(50-59-88)81-25-19-27-91(69-81)132-118-45-16-8-35-105(118)127-103(38-22-46-119(127)132)96-37-20-26-85-75-125-111(77-106(85)96)109-73-87(57-68-123(109)135-125)94-29-7-15-44-117(94)131(90-62-53-80(54-63-90)95-36-21-39-104-102-34-10-18-48-126(102)136-128(95)104)92-64-65-100-99-32-5-13-42-114(99)129(115(100)76-92)112-40-11-3-30-97(112)98-31-4-12-41-113(98)129/h1-69,71-77,82H,70H2.